The van der Waals surface area contributed by atoms with Crippen LogP contribution in [-0.4, -0.2) is 23.3 Å². The molecule has 1 aliphatic rings. The van der Waals surface area contributed by atoms with Gasteiger partial charge < -0.3 is 14.9 Å². The second kappa shape index (κ2) is 3.87. The summed E-state index contributed by atoms with van der Waals surface area (Å²) >= 11 is 2.98. The molecule has 1 aliphatic carbocycles. The van der Waals surface area contributed by atoms with E-state index in [-0.39, 0.29) is 21.5 Å². The first-order valence-electron chi connectivity index (χ1n) is 4.93. The molecule has 0 bridgehead atoms. The smallest absolute Gasteiger partial charge is 0.314 e. The van der Waals surface area contributed by atoms with E-state index in [1.54, 1.807) is 0 Å². The number of aliphatic carboxylic acids is 1. The van der Waals surface area contributed by atoms with Crippen molar-refractivity contribution in [2.75, 3.05) is 7.11 Å². The Morgan fingerprint density at radius 1 is 1.59 bits per heavy atom. The molecule has 0 spiro atoms. The molecule has 17 heavy (non-hydrogen) atoms. The van der Waals surface area contributed by atoms with Gasteiger partial charge in [0.2, 0.25) is 0 Å². The van der Waals surface area contributed by atoms with E-state index in [2.05, 4.69) is 15.9 Å². The van der Waals surface area contributed by atoms with E-state index in [1.807, 2.05) is 0 Å². The zero-order valence-electron chi connectivity index (χ0n) is 8.96. The summed E-state index contributed by atoms with van der Waals surface area (Å²) in [5.41, 5.74) is -1.14. The minimum Gasteiger partial charge on any atom is -0.504 e. The van der Waals surface area contributed by atoms with Crippen molar-refractivity contribution in [3.05, 3.63) is 21.9 Å². The molecular formula is C11H10BrFO4. The third kappa shape index (κ3) is 1.67. The van der Waals surface area contributed by atoms with E-state index in [0.29, 0.717) is 12.8 Å². The van der Waals surface area contributed by atoms with Crippen LogP contribution in [0.1, 0.15) is 18.4 Å². The Morgan fingerprint density at radius 3 is 2.59 bits per heavy atom. The third-order valence-electron chi connectivity index (χ3n) is 3.02. The minimum absolute atomic E-state index is 0.0179. The molecule has 0 saturated heterocycles. The van der Waals surface area contributed by atoms with Crippen molar-refractivity contribution in [1.29, 1.82) is 0 Å². The first kappa shape index (κ1) is 12.2. The van der Waals surface area contributed by atoms with Gasteiger partial charge in [-0.25, -0.2) is 4.39 Å². The van der Waals surface area contributed by atoms with E-state index in [0.717, 1.165) is 6.07 Å². The molecule has 0 atom stereocenters. The Kier molecular flexibility index (Phi) is 2.77. The summed E-state index contributed by atoms with van der Waals surface area (Å²) in [6, 6.07) is 1.01. The summed E-state index contributed by atoms with van der Waals surface area (Å²) in [5.74, 6) is -2.10. The molecule has 0 amide bonds. The SMILES string of the molecule is COc1cc(F)c(Br)c(C2(C(=O)O)CC2)c1O. The number of rotatable bonds is 3. The van der Waals surface area contributed by atoms with Crippen LogP contribution in [0.2, 0.25) is 0 Å². The highest BCUT2D eigenvalue weighted by Crippen LogP contribution is 2.56. The van der Waals surface area contributed by atoms with Gasteiger partial charge in [0.1, 0.15) is 5.82 Å². The number of aromatic hydroxyl groups is 1. The topological polar surface area (TPSA) is 66.8 Å². The molecule has 6 heteroatoms. The molecule has 2 rings (SSSR count). The van der Waals surface area contributed by atoms with Crippen molar-refractivity contribution < 1.29 is 24.1 Å². The fourth-order valence-corrected chi connectivity index (χ4v) is 2.56. The molecular weight excluding hydrogens is 295 g/mol. The van der Waals surface area contributed by atoms with E-state index < -0.39 is 17.2 Å². The lowest BCUT2D eigenvalue weighted by Crippen LogP contribution is -2.20. The number of methoxy groups -OCH3 is 1. The molecule has 0 heterocycles. The lowest BCUT2D eigenvalue weighted by Gasteiger charge is -2.17. The summed E-state index contributed by atoms with van der Waals surface area (Å²) in [6.45, 7) is 0. The van der Waals surface area contributed by atoms with Gasteiger partial charge in [0.05, 0.1) is 17.0 Å². The Labute approximate surface area is 105 Å². The standard InChI is InChI=1S/C11H10BrFO4/c1-17-6-4-5(13)8(12)7(9(6)14)11(2-3-11)10(15)16/h4,14H,2-3H2,1H3,(H,15,16). The number of hydrogen-bond donors (Lipinski definition) is 2. The fraction of sp³-hybridized carbons (Fsp3) is 0.364. The molecule has 0 aromatic heterocycles. The molecule has 2 N–H and O–H groups in total. The number of phenols is 1. The lowest BCUT2D eigenvalue weighted by atomic mass is 9.94. The molecule has 1 aromatic carbocycles. The maximum absolute atomic E-state index is 13.6. The first-order valence-corrected chi connectivity index (χ1v) is 5.72. The second-order valence-electron chi connectivity index (χ2n) is 3.99. The summed E-state index contributed by atoms with van der Waals surface area (Å²) in [6.07, 6.45) is 0.752. The van der Waals surface area contributed by atoms with Crippen molar-refractivity contribution in [2.24, 2.45) is 0 Å². The van der Waals surface area contributed by atoms with E-state index in [1.165, 1.54) is 7.11 Å². The van der Waals surface area contributed by atoms with Gasteiger partial charge in [-0.3, -0.25) is 4.79 Å². The van der Waals surface area contributed by atoms with Gasteiger partial charge in [0.25, 0.3) is 0 Å². The first-order chi connectivity index (χ1) is 7.94. The van der Waals surface area contributed by atoms with Crippen LogP contribution in [0.15, 0.2) is 10.5 Å². The van der Waals surface area contributed by atoms with Crippen molar-refractivity contribution in [3.63, 3.8) is 0 Å². The number of halogens is 2. The summed E-state index contributed by atoms with van der Waals surface area (Å²) in [7, 11) is 1.28. The van der Waals surface area contributed by atoms with Gasteiger partial charge >= 0.3 is 5.97 Å². The molecule has 1 fully saturated rings. The maximum Gasteiger partial charge on any atom is 0.314 e. The van der Waals surface area contributed by atoms with Crippen molar-refractivity contribution in [1.82, 2.24) is 0 Å². The van der Waals surface area contributed by atoms with E-state index >= 15 is 0 Å². The van der Waals surface area contributed by atoms with Gasteiger partial charge in [0.15, 0.2) is 11.5 Å². The van der Waals surface area contributed by atoms with E-state index in [9.17, 15) is 14.3 Å². The molecule has 1 aromatic rings. The Hall–Kier alpha value is -1.30. The van der Waals surface area contributed by atoms with Crippen LogP contribution in [0.3, 0.4) is 0 Å². The molecule has 0 radical (unpaired) electrons. The molecule has 0 unspecified atom stereocenters. The van der Waals surface area contributed by atoms with Gasteiger partial charge in [0, 0.05) is 11.6 Å². The Morgan fingerprint density at radius 2 is 2.18 bits per heavy atom. The lowest BCUT2D eigenvalue weighted by molar-refractivity contribution is -0.140. The maximum atomic E-state index is 13.6. The highest BCUT2D eigenvalue weighted by atomic mass is 79.9. The zero-order chi connectivity index (χ0) is 12.8. The molecule has 92 valence electrons. The van der Waals surface area contributed by atoms with Crippen molar-refractivity contribution >= 4 is 21.9 Å². The van der Waals surface area contributed by atoms with Gasteiger partial charge in [-0.1, -0.05) is 0 Å². The summed E-state index contributed by atoms with van der Waals surface area (Å²) < 4.78 is 18.4. The molecule has 4 nitrogen and oxygen atoms in total. The number of hydrogen-bond acceptors (Lipinski definition) is 3. The third-order valence-corrected chi connectivity index (χ3v) is 3.79. The predicted octanol–water partition coefficient (Wildman–Crippen LogP) is 2.42. The van der Waals surface area contributed by atoms with Crippen LogP contribution in [0.4, 0.5) is 4.39 Å². The van der Waals surface area contributed by atoms with E-state index in [4.69, 9.17) is 9.84 Å². The van der Waals surface area contributed by atoms with Crippen LogP contribution in [0.25, 0.3) is 0 Å². The number of ether oxygens (including phenoxy) is 1. The number of carboxylic acid groups (broad SMARTS) is 1. The van der Waals surface area contributed by atoms with Crippen LogP contribution in [0, 0.1) is 5.82 Å². The number of phenolic OH excluding ortho intramolecular Hbond substituents is 1. The Balaban J connectivity index is 2.69. The summed E-state index contributed by atoms with van der Waals surface area (Å²) in [4.78, 5) is 11.2. The highest BCUT2D eigenvalue weighted by Gasteiger charge is 2.55. The normalized spacial score (nSPS) is 16.6. The number of carboxylic acids is 1. The Bertz CT molecular complexity index is 497. The highest BCUT2D eigenvalue weighted by molar-refractivity contribution is 9.10. The average molecular weight is 305 g/mol. The van der Waals surface area contributed by atoms with Crippen LogP contribution in [-0.2, 0) is 10.2 Å². The number of benzene rings is 1. The largest absolute Gasteiger partial charge is 0.504 e. The van der Waals surface area contributed by atoms with Crippen molar-refractivity contribution in [2.45, 2.75) is 18.3 Å². The predicted molar refractivity (Wildman–Crippen MR) is 60.9 cm³/mol. The molecule has 1 saturated carbocycles. The van der Waals surface area contributed by atoms with Gasteiger partial charge in [-0.2, -0.15) is 0 Å². The minimum atomic E-state index is -1.20. The summed E-state index contributed by atoms with van der Waals surface area (Å²) in [5, 5.41) is 19.1. The zero-order valence-corrected chi connectivity index (χ0v) is 10.5. The fourth-order valence-electron chi connectivity index (χ4n) is 1.88. The number of carbonyl (C=O) groups is 1. The van der Waals surface area contributed by atoms with Gasteiger partial charge in [-0.15, -0.1) is 0 Å². The van der Waals surface area contributed by atoms with Crippen molar-refractivity contribution in [3.8, 4) is 11.5 Å². The van der Waals surface area contributed by atoms with Crippen LogP contribution in [0.5, 0.6) is 11.5 Å². The quantitative estimate of drug-likeness (QED) is 0.900. The van der Waals surface area contributed by atoms with Gasteiger partial charge in [-0.05, 0) is 28.8 Å². The average Bonchev–Trinajstić information content (AvgIpc) is 3.05. The van der Waals surface area contributed by atoms with Crippen LogP contribution < -0.4 is 4.74 Å². The monoisotopic (exact) mass is 304 g/mol. The molecule has 0 aliphatic heterocycles. The second-order valence-corrected chi connectivity index (χ2v) is 4.78. The van der Waals surface area contributed by atoms with Crippen LogP contribution >= 0.6 is 15.9 Å².